The quantitative estimate of drug-likeness (QED) is 0.780. The minimum atomic E-state index is -0.974. The lowest BCUT2D eigenvalue weighted by Gasteiger charge is -2.18. The number of nitrogens with one attached hydrogen (secondary N) is 1. The summed E-state index contributed by atoms with van der Waals surface area (Å²) in [4.78, 5) is 24.4. The molecular formula is C18H22ClN3O4. The predicted molar refractivity (Wildman–Crippen MR) is 98.4 cm³/mol. The summed E-state index contributed by atoms with van der Waals surface area (Å²) in [6, 6.07) is 6.61. The van der Waals surface area contributed by atoms with E-state index in [2.05, 4.69) is 10.4 Å². The molecule has 140 valence electrons. The van der Waals surface area contributed by atoms with Gasteiger partial charge in [0, 0.05) is 12.1 Å². The van der Waals surface area contributed by atoms with Gasteiger partial charge in [-0.15, -0.1) is 0 Å². The first-order valence-corrected chi connectivity index (χ1v) is 8.50. The van der Waals surface area contributed by atoms with Crippen molar-refractivity contribution in [2.75, 3.05) is 5.32 Å². The van der Waals surface area contributed by atoms with Crippen molar-refractivity contribution in [2.45, 2.75) is 39.9 Å². The number of anilines is 1. The molecule has 0 aliphatic carbocycles. The van der Waals surface area contributed by atoms with Gasteiger partial charge in [0.25, 0.3) is 5.91 Å². The molecule has 0 aliphatic heterocycles. The number of nitrogens with zero attached hydrogens (tertiary/aromatic N) is 2. The lowest BCUT2D eigenvalue weighted by atomic mass is 10.3. The minimum Gasteiger partial charge on any atom is -0.479 e. The van der Waals surface area contributed by atoms with Gasteiger partial charge in [0.2, 0.25) is 0 Å². The van der Waals surface area contributed by atoms with Crippen LogP contribution in [-0.2, 0) is 21.4 Å². The topological polar surface area (TPSA) is 82.5 Å². The fraction of sp³-hybridized carbons (Fsp3) is 0.389. The lowest BCUT2D eigenvalue weighted by Crippen LogP contribution is -2.35. The zero-order valence-corrected chi connectivity index (χ0v) is 16.1. The molecule has 0 bridgehead atoms. The van der Waals surface area contributed by atoms with Crippen molar-refractivity contribution < 1.29 is 19.1 Å². The molecule has 0 radical (unpaired) electrons. The van der Waals surface area contributed by atoms with E-state index in [1.54, 1.807) is 49.8 Å². The van der Waals surface area contributed by atoms with Crippen LogP contribution in [0.25, 0.3) is 0 Å². The molecule has 2 aromatic rings. The normalized spacial score (nSPS) is 13.0. The molecule has 1 heterocycles. The first-order chi connectivity index (χ1) is 12.2. The van der Waals surface area contributed by atoms with Gasteiger partial charge < -0.3 is 14.8 Å². The van der Waals surface area contributed by atoms with Crippen molar-refractivity contribution in [3.8, 4) is 5.75 Å². The molecule has 1 aromatic carbocycles. The second kappa shape index (κ2) is 8.23. The Morgan fingerprint density at radius 1 is 1.15 bits per heavy atom. The van der Waals surface area contributed by atoms with Crippen molar-refractivity contribution in [3.05, 3.63) is 40.7 Å². The molecule has 7 nitrogen and oxygen atoms in total. The summed E-state index contributed by atoms with van der Waals surface area (Å²) in [5, 5.41) is 7.54. The maximum atomic E-state index is 12.3. The monoisotopic (exact) mass is 379 g/mol. The number of rotatable bonds is 6. The van der Waals surface area contributed by atoms with E-state index in [1.807, 2.05) is 6.92 Å². The Bertz CT molecular complexity index is 802. The number of amides is 1. The van der Waals surface area contributed by atoms with Crippen LogP contribution in [0.5, 0.6) is 5.75 Å². The standard InChI is InChI=1S/C18H22ClN3O4/c1-10-16(11(2)22(5)21-10)20-17(23)12(3)26-18(24)13(4)25-15-8-6-14(19)7-9-15/h6-9,12-13H,1-5H3,(H,20,23)/t12-,13-/m0/s1. The van der Waals surface area contributed by atoms with Crippen LogP contribution in [0, 0.1) is 13.8 Å². The highest BCUT2D eigenvalue weighted by atomic mass is 35.5. The Kier molecular flexibility index (Phi) is 6.26. The molecule has 1 aromatic heterocycles. The molecular weight excluding hydrogens is 358 g/mol. The molecule has 2 rings (SSSR count). The molecule has 0 saturated carbocycles. The average molecular weight is 380 g/mol. The third-order valence-electron chi connectivity index (χ3n) is 3.88. The molecule has 1 amide bonds. The number of halogens is 1. The van der Waals surface area contributed by atoms with Crippen LogP contribution in [0.3, 0.4) is 0 Å². The summed E-state index contributed by atoms with van der Waals surface area (Å²) in [6.07, 6.45) is -1.84. The minimum absolute atomic E-state index is 0.434. The van der Waals surface area contributed by atoms with Crippen LogP contribution in [0.4, 0.5) is 5.69 Å². The van der Waals surface area contributed by atoms with Crippen LogP contribution >= 0.6 is 11.6 Å². The van der Waals surface area contributed by atoms with Crippen LogP contribution in [-0.4, -0.2) is 33.9 Å². The summed E-state index contributed by atoms with van der Waals surface area (Å²) in [7, 11) is 1.79. The number of esters is 1. The highest BCUT2D eigenvalue weighted by Crippen LogP contribution is 2.19. The molecule has 0 saturated heterocycles. The van der Waals surface area contributed by atoms with Gasteiger partial charge in [0.15, 0.2) is 12.2 Å². The average Bonchev–Trinajstić information content (AvgIpc) is 2.82. The number of hydrogen-bond acceptors (Lipinski definition) is 5. The van der Waals surface area contributed by atoms with Gasteiger partial charge in [-0.25, -0.2) is 4.79 Å². The van der Waals surface area contributed by atoms with E-state index in [9.17, 15) is 9.59 Å². The summed E-state index contributed by atoms with van der Waals surface area (Å²) < 4.78 is 12.4. The second-order valence-electron chi connectivity index (χ2n) is 5.95. The molecule has 2 atom stereocenters. The van der Waals surface area contributed by atoms with E-state index >= 15 is 0 Å². The summed E-state index contributed by atoms with van der Waals surface area (Å²) in [6.45, 7) is 6.69. The Morgan fingerprint density at radius 2 is 1.77 bits per heavy atom. The number of hydrogen-bond donors (Lipinski definition) is 1. The molecule has 26 heavy (non-hydrogen) atoms. The van der Waals surface area contributed by atoms with Crippen LogP contribution in [0.1, 0.15) is 25.2 Å². The van der Waals surface area contributed by atoms with Gasteiger partial charge in [-0.2, -0.15) is 5.10 Å². The van der Waals surface area contributed by atoms with E-state index in [0.29, 0.717) is 22.2 Å². The molecule has 0 aliphatic rings. The SMILES string of the molecule is Cc1nn(C)c(C)c1NC(=O)[C@H](C)OC(=O)[C@H](C)Oc1ccc(Cl)cc1. The van der Waals surface area contributed by atoms with E-state index < -0.39 is 24.1 Å². The Morgan fingerprint density at radius 3 is 2.31 bits per heavy atom. The molecule has 8 heteroatoms. The van der Waals surface area contributed by atoms with E-state index in [-0.39, 0.29) is 0 Å². The summed E-state index contributed by atoms with van der Waals surface area (Å²) in [5.74, 6) is -0.587. The van der Waals surface area contributed by atoms with Gasteiger partial charge in [-0.3, -0.25) is 9.48 Å². The summed E-state index contributed by atoms with van der Waals surface area (Å²) >= 11 is 5.81. The number of aryl methyl sites for hydroxylation is 2. The van der Waals surface area contributed by atoms with Crippen LogP contribution in [0.15, 0.2) is 24.3 Å². The maximum absolute atomic E-state index is 12.3. The highest BCUT2D eigenvalue weighted by molar-refractivity contribution is 6.30. The van der Waals surface area contributed by atoms with Crippen molar-refractivity contribution in [1.82, 2.24) is 9.78 Å². The van der Waals surface area contributed by atoms with Gasteiger partial charge in [-0.05, 0) is 52.0 Å². The Balaban J connectivity index is 1.92. The smallest absolute Gasteiger partial charge is 0.347 e. The molecule has 0 spiro atoms. The van der Waals surface area contributed by atoms with Crippen LogP contribution in [0.2, 0.25) is 5.02 Å². The van der Waals surface area contributed by atoms with E-state index in [4.69, 9.17) is 21.1 Å². The lowest BCUT2D eigenvalue weighted by molar-refractivity contribution is -0.159. The molecule has 1 N–H and O–H groups in total. The third-order valence-corrected chi connectivity index (χ3v) is 4.13. The highest BCUT2D eigenvalue weighted by Gasteiger charge is 2.24. The number of ether oxygens (including phenoxy) is 2. The number of aromatic nitrogens is 2. The van der Waals surface area contributed by atoms with Gasteiger partial charge in [0.05, 0.1) is 17.1 Å². The number of carbonyl (C=O) groups is 2. The van der Waals surface area contributed by atoms with Gasteiger partial charge in [0.1, 0.15) is 5.75 Å². The van der Waals surface area contributed by atoms with Gasteiger partial charge in [-0.1, -0.05) is 11.6 Å². The van der Waals surface area contributed by atoms with Crippen molar-refractivity contribution in [1.29, 1.82) is 0 Å². The predicted octanol–water partition coefficient (Wildman–Crippen LogP) is 3.03. The zero-order valence-electron chi connectivity index (χ0n) is 15.4. The third kappa shape index (κ3) is 4.76. The fourth-order valence-electron chi connectivity index (χ4n) is 2.27. The van der Waals surface area contributed by atoms with Crippen molar-refractivity contribution in [3.63, 3.8) is 0 Å². The Hall–Kier alpha value is -2.54. The molecule has 0 fully saturated rings. The van der Waals surface area contributed by atoms with Crippen molar-refractivity contribution in [2.24, 2.45) is 7.05 Å². The van der Waals surface area contributed by atoms with E-state index in [1.165, 1.54) is 6.92 Å². The maximum Gasteiger partial charge on any atom is 0.347 e. The van der Waals surface area contributed by atoms with Gasteiger partial charge >= 0.3 is 5.97 Å². The summed E-state index contributed by atoms with van der Waals surface area (Å²) in [5.41, 5.74) is 2.12. The number of carbonyl (C=O) groups excluding carboxylic acids is 2. The van der Waals surface area contributed by atoms with Crippen molar-refractivity contribution >= 4 is 29.2 Å². The number of benzene rings is 1. The van der Waals surface area contributed by atoms with Crippen LogP contribution < -0.4 is 10.1 Å². The Labute approximate surface area is 157 Å². The first kappa shape index (κ1) is 19.8. The zero-order chi connectivity index (χ0) is 19.4. The molecule has 0 unspecified atom stereocenters. The second-order valence-corrected chi connectivity index (χ2v) is 6.39. The first-order valence-electron chi connectivity index (χ1n) is 8.12. The largest absolute Gasteiger partial charge is 0.479 e. The van der Waals surface area contributed by atoms with E-state index in [0.717, 1.165) is 5.69 Å². The fourth-order valence-corrected chi connectivity index (χ4v) is 2.39.